The van der Waals surface area contributed by atoms with Gasteiger partial charge >= 0.3 is 0 Å². The average molecular weight is 532 g/mol. The van der Waals surface area contributed by atoms with Gasteiger partial charge < -0.3 is 4.57 Å². The Bertz CT molecular complexity index is 2370. The Morgan fingerprint density at radius 3 is 1.95 bits per heavy atom. The third-order valence-electron chi connectivity index (χ3n) is 7.99. The van der Waals surface area contributed by atoms with Gasteiger partial charge in [0.25, 0.3) is 0 Å². The lowest BCUT2D eigenvalue weighted by Crippen LogP contribution is -1.92. The fraction of sp³-hybridized carbons (Fsp3) is 0. The van der Waals surface area contributed by atoms with Gasteiger partial charge in [0.15, 0.2) is 0 Å². The number of hydrogen-bond acceptors (Lipinski definition) is 2. The minimum absolute atomic E-state index is 1.19. The van der Waals surface area contributed by atoms with E-state index in [1.807, 2.05) is 22.7 Å². The summed E-state index contributed by atoms with van der Waals surface area (Å²) in [4.78, 5) is 0. The van der Waals surface area contributed by atoms with Crippen molar-refractivity contribution in [1.29, 1.82) is 0 Å². The van der Waals surface area contributed by atoms with Crippen molar-refractivity contribution in [2.24, 2.45) is 0 Å². The van der Waals surface area contributed by atoms with Crippen LogP contribution in [0.2, 0.25) is 0 Å². The number of thiophene rings is 2. The van der Waals surface area contributed by atoms with Gasteiger partial charge in [0, 0.05) is 56.8 Å². The highest BCUT2D eigenvalue weighted by Gasteiger charge is 2.20. The van der Waals surface area contributed by atoms with E-state index in [0.717, 1.165) is 0 Å². The van der Waals surface area contributed by atoms with Crippen LogP contribution in [0, 0.1) is 0 Å². The van der Waals surface area contributed by atoms with Crippen molar-refractivity contribution in [3.05, 3.63) is 127 Å². The number of rotatable bonds is 2. The number of para-hydroxylation sites is 1. The average Bonchev–Trinajstić information content (AvgIpc) is 3.66. The summed E-state index contributed by atoms with van der Waals surface area (Å²) in [7, 11) is 0. The molecule has 39 heavy (non-hydrogen) atoms. The second-order valence-corrected chi connectivity index (χ2v) is 12.2. The van der Waals surface area contributed by atoms with E-state index in [4.69, 9.17) is 0 Å². The van der Waals surface area contributed by atoms with Crippen molar-refractivity contribution >= 4 is 84.8 Å². The molecule has 3 heterocycles. The first-order valence-electron chi connectivity index (χ1n) is 13.2. The van der Waals surface area contributed by atoms with Crippen LogP contribution in [-0.4, -0.2) is 4.57 Å². The van der Waals surface area contributed by atoms with Crippen molar-refractivity contribution in [3.63, 3.8) is 0 Å². The summed E-state index contributed by atoms with van der Waals surface area (Å²) in [5.74, 6) is 0. The molecule has 3 aromatic heterocycles. The van der Waals surface area contributed by atoms with E-state index >= 15 is 0 Å². The molecule has 0 atom stereocenters. The van der Waals surface area contributed by atoms with Gasteiger partial charge in [0.2, 0.25) is 0 Å². The smallest absolute Gasteiger partial charge is 0.0555 e. The monoisotopic (exact) mass is 531 g/mol. The molecule has 0 radical (unpaired) electrons. The van der Waals surface area contributed by atoms with Gasteiger partial charge in [-0.2, -0.15) is 0 Å². The number of aromatic nitrogens is 1. The van der Waals surface area contributed by atoms with Crippen LogP contribution in [0.3, 0.4) is 0 Å². The van der Waals surface area contributed by atoms with Crippen molar-refractivity contribution in [2.75, 3.05) is 0 Å². The molecule has 9 rings (SSSR count). The molecule has 0 unspecified atom stereocenters. The van der Waals surface area contributed by atoms with Crippen molar-refractivity contribution in [1.82, 2.24) is 4.57 Å². The number of fused-ring (bicyclic) bond motifs is 11. The molecule has 0 aliphatic carbocycles. The van der Waals surface area contributed by atoms with E-state index in [1.165, 1.54) is 79.0 Å². The molecule has 6 aromatic carbocycles. The molecule has 0 N–H and O–H groups in total. The zero-order valence-corrected chi connectivity index (χ0v) is 22.5. The second-order valence-electron chi connectivity index (χ2n) is 10.1. The third kappa shape index (κ3) is 3.00. The van der Waals surface area contributed by atoms with Crippen LogP contribution in [0.25, 0.3) is 79.0 Å². The van der Waals surface area contributed by atoms with E-state index in [-0.39, 0.29) is 0 Å². The van der Waals surface area contributed by atoms with Crippen LogP contribution < -0.4 is 0 Å². The third-order valence-corrected chi connectivity index (χ3v) is 10.4. The highest BCUT2D eigenvalue weighted by molar-refractivity contribution is 7.30. The van der Waals surface area contributed by atoms with Gasteiger partial charge in [-0.15, -0.1) is 22.7 Å². The van der Waals surface area contributed by atoms with E-state index in [1.54, 1.807) is 0 Å². The number of nitrogens with zero attached hydrogens (tertiary/aromatic N) is 1. The highest BCUT2D eigenvalue weighted by atomic mass is 32.1. The minimum Gasteiger partial charge on any atom is -0.309 e. The van der Waals surface area contributed by atoms with Crippen LogP contribution in [0.5, 0.6) is 0 Å². The predicted molar refractivity (Wildman–Crippen MR) is 172 cm³/mol. The maximum atomic E-state index is 2.43. The molecule has 0 bridgehead atoms. The molecule has 0 fully saturated rings. The van der Waals surface area contributed by atoms with Gasteiger partial charge in [-0.3, -0.25) is 0 Å². The molecule has 9 aromatic rings. The minimum atomic E-state index is 1.19. The normalized spacial score (nSPS) is 12.1. The lowest BCUT2D eigenvalue weighted by Gasteiger charge is -2.08. The second kappa shape index (κ2) is 8.03. The maximum Gasteiger partial charge on any atom is 0.0555 e. The Morgan fingerprint density at radius 1 is 0.410 bits per heavy atom. The van der Waals surface area contributed by atoms with Crippen molar-refractivity contribution in [2.45, 2.75) is 0 Å². The van der Waals surface area contributed by atoms with Crippen LogP contribution in [-0.2, 0) is 0 Å². The van der Waals surface area contributed by atoms with Gasteiger partial charge in [0.05, 0.1) is 11.0 Å². The Hall–Kier alpha value is -4.44. The Morgan fingerprint density at radius 2 is 1.10 bits per heavy atom. The van der Waals surface area contributed by atoms with Gasteiger partial charge in [-0.1, -0.05) is 84.9 Å². The summed E-state index contributed by atoms with van der Waals surface area (Å²) in [5.41, 5.74) is 6.19. The first-order valence-corrected chi connectivity index (χ1v) is 14.8. The fourth-order valence-corrected chi connectivity index (χ4v) is 8.87. The van der Waals surface area contributed by atoms with Gasteiger partial charge in [0.1, 0.15) is 0 Å². The summed E-state index contributed by atoms with van der Waals surface area (Å²) in [6.45, 7) is 0. The van der Waals surface area contributed by atoms with Gasteiger partial charge in [-0.05, 0) is 53.6 Å². The molecule has 0 saturated carbocycles. The number of hydrogen-bond donors (Lipinski definition) is 0. The fourth-order valence-electron chi connectivity index (χ4n) is 6.27. The largest absolute Gasteiger partial charge is 0.309 e. The molecule has 3 heteroatoms. The Balaban J connectivity index is 1.47. The molecule has 0 saturated heterocycles. The summed E-state index contributed by atoms with van der Waals surface area (Å²) in [6, 6.07) is 46.6. The lowest BCUT2D eigenvalue weighted by molar-refractivity contribution is 1.18. The van der Waals surface area contributed by atoms with Crippen LogP contribution in [0.15, 0.2) is 127 Å². The summed E-state index contributed by atoms with van der Waals surface area (Å²) in [6.07, 6.45) is 0. The molecule has 0 amide bonds. The quantitative estimate of drug-likeness (QED) is 0.209. The van der Waals surface area contributed by atoms with E-state index < -0.39 is 0 Å². The van der Waals surface area contributed by atoms with Crippen LogP contribution in [0.1, 0.15) is 0 Å². The van der Waals surface area contributed by atoms with Crippen LogP contribution >= 0.6 is 22.7 Å². The summed E-state index contributed by atoms with van der Waals surface area (Å²) in [5, 5.41) is 8.12. The highest BCUT2D eigenvalue weighted by Crippen LogP contribution is 2.48. The zero-order valence-electron chi connectivity index (χ0n) is 20.9. The van der Waals surface area contributed by atoms with E-state index in [9.17, 15) is 0 Å². The maximum absolute atomic E-state index is 2.43. The summed E-state index contributed by atoms with van der Waals surface area (Å²) >= 11 is 3.85. The topological polar surface area (TPSA) is 4.93 Å². The molecular weight excluding hydrogens is 511 g/mol. The number of benzene rings is 6. The standard InChI is InChI=1S/C36H21NS2/c1-3-9-22(10-4-1)23-15-18-29-28(21-23)33-30(37(29)24-11-5-2-6-12-24)19-16-25-26-17-20-32-34(36(26)39-35(25)33)27-13-7-8-14-31(27)38-32/h1-21H. The molecular formula is C36H21NS2. The zero-order chi connectivity index (χ0) is 25.5. The van der Waals surface area contributed by atoms with Crippen molar-refractivity contribution in [3.8, 4) is 16.8 Å². The molecule has 0 spiro atoms. The van der Waals surface area contributed by atoms with Crippen molar-refractivity contribution < 1.29 is 0 Å². The van der Waals surface area contributed by atoms with Gasteiger partial charge in [-0.25, -0.2) is 0 Å². The molecule has 1 nitrogen and oxygen atoms in total. The molecule has 0 aliphatic heterocycles. The predicted octanol–water partition coefficient (Wildman–Crippen LogP) is 11.2. The Kier molecular flexibility index (Phi) is 4.43. The first-order chi connectivity index (χ1) is 19.3. The summed E-state index contributed by atoms with van der Waals surface area (Å²) < 4.78 is 7.92. The van der Waals surface area contributed by atoms with E-state index in [0.29, 0.717) is 0 Å². The van der Waals surface area contributed by atoms with E-state index in [2.05, 4.69) is 132 Å². The lowest BCUT2D eigenvalue weighted by atomic mass is 10.0. The SMILES string of the molecule is c1ccc(-c2ccc3c(c2)c2c4sc5c(ccc6sc7ccccc7c65)c4ccc2n3-c2ccccc2)cc1. The first kappa shape index (κ1) is 21.5. The molecule has 182 valence electrons. The molecule has 0 aliphatic rings. The van der Waals surface area contributed by atoms with Crippen LogP contribution in [0.4, 0.5) is 0 Å². The Labute approximate surface area is 232 Å².